The Labute approximate surface area is 107 Å². The van der Waals surface area contributed by atoms with E-state index >= 15 is 0 Å². The molecule has 1 saturated heterocycles. The highest BCUT2D eigenvalue weighted by Crippen LogP contribution is 2.22. The summed E-state index contributed by atoms with van der Waals surface area (Å²) >= 11 is 0. The van der Waals surface area contributed by atoms with Crippen LogP contribution in [0.4, 0.5) is 5.95 Å². The molecule has 0 amide bonds. The van der Waals surface area contributed by atoms with Gasteiger partial charge in [0.05, 0.1) is 0 Å². The number of fused-ring (bicyclic) bond motifs is 1. The second-order valence-corrected chi connectivity index (χ2v) is 5.31. The van der Waals surface area contributed by atoms with Crippen molar-refractivity contribution in [3.8, 4) is 0 Å². The SMILES string of the molecule is Cc1cccc2nc(NC3(C)CCNCC3)nn12. The molecular weight excluding hydrogens is 226 g/mol. The Hall–Kier alpha value is -1.62. The molecule has 0 radical (unpaired) electrons. The summed E-state index contributed by atoms with van der Waals surface area (Å²) in [7, 11) is 0. The van der Waals surface area contributed by atoms with Crippen LogP contribution in [-0.4, -0.2) is 33.2 Å². The first-order chi connectivity index (χ1) is 8.66. The van der Waals surface area contributed by atoms with Gasteiger partial charge in [-0.05, 0) is 51.9 Å². The fraction of sp³-hybridized carbons (Fsp3) is 0.538. The molecule has 18 heavy (non-hydrogen) atoms. The predicted molar refractivity (Wildman–Crippen MR) is 71.9 cm³/mol. The van der Waals surface area contributed by atoms with E-state index in [0.29, 0.717) is 0 Å². The Bertz CT molecular complexity index is 554. The van der Waals surface area contributed by atoms with Crippen LogP contribution in [0.5, 0.6) is 0 Å². The van der Waals surface area contributed by atoms with Crippen LogP contribution in [0.1, 0.15) is 25.5 Å². The number of pyridine rings is 1. The van der Waals surface area contributed by atoms with E-state index in [9.17, 15) is 0 Å². The molecule has 0 unspecified atom stereocenters. The van der Waals surface area contributed by atoms with Gasteiger partial charge >= 0.3 is 0 Å². The van der Waals surface area contributed by atoms with E-state index in [1.165, 1.54) is 0 Å². The number of rotatable bonds is 2. The fourth-order valence-electron chi connectivity index (χ4n) is 2.46. The van der Waals surface area contributed by atoms with Gasteiger partial charge in [-0.2, -0.15) is 4.98 Å². The van der Waals surface area contributed by atoms with Crippen molar-refractivity contribution in [3.63, 3.8) is 0 Å². The van der Waals surface area contributed by atoms with Crippen molar-refractivity contribution in [3.05, 3.63) is 23.9 Å². The highest BCUT2D eigenvalue weighted by molar-refractivity contribution is 5.45. The molecular formula is C13H19N5. The molecule has 2 aromatic heterocycles. The number of piperidine rings is 1. The predicted octanol–water partition coefficient (Wildman–Crippen LogP) is 1.59. The maximum absolute atomic E-state index is 4.53. The molecule has 2 N–H and O–H groups in total. The molecule has 0 saturated carbocycles. The molecule has 1 aliphatic heterocycles. The summed E-state index contributed by atoms with van der Waals surface area (Å²) < 4.78 is 1.88. The van der Waals surface area contributed by atoms with Crippen LogP contribution in [0.2, 0.25) is 0 Å². The van der Waals surface area contributed by atoms with Crippen LogP contribution in [-0.2, 0) is 0 Å². The average molecular weight is 245 g/mol. The van der Waals surface area contributed by atoms with Crippen molar-refractivity contribution >= 4 is 11.6 Å². The number of hydrogen-bond acceptors (Lipinski definition) is 4. The molecule has 3 heterocycles. The van der Waals surface area contributed by atoms with Gasteiger partial charge in [0.15, 0.2) is 5.65 Å². The van der Waals surface area contributed by atoms with Crippen molar-refractivity contribution in [1.82, 2.24) is 19.9 Å². The molecule has 0 aromatic carbocycles. The zero-order chi connectivity index (χ0) is 12.6. The van der Waals surface area contributed by atoms with Crippen molar-refractivity contribution in [2.45, 2.75) is 32.2 Å². The molecule has 0 atom stereocenters. The van der Waals surface area contributed by atoms with Gasteiger partial charge in [0, 0.05) is 11.2 Å². The van der Waals surface area contributed by atoms with Gasteiger partial charge in [-0.15, -0.1) is 5.10 Å². The molecule has 5 heteroatoms. The molecule has 0 bridgehead atoms. The molecule has 0 aliphatic carbocycles. The van der Waals surface area contributed by atoms with E-state index in [1.807, 2.05) is 29.6 Å². The zero-order valence-electron chi connectivity index (χ0n) is 10.9. The summed E-state index contributed by atoms with van der Waals surface area (Å²) in [5, 5.41) is 11.4. The Kier molecular flexibility index (Phi) is 2.70. The van der Waals surface area contributed by atoms with Crippen LogP contribution < -0.4 is 10.6 Å². The molecule has 2 aromatic rings. The summed E-state index contributed by atoms with van der Waals surface area (Å²) in [5.74, 6) is 0.730. The summed E-state index contributed by atoms with van der Waals surface area (Å²) in [5.41, 5.74) is 2.10. The molecule has 0 spiro atoms. The van der Waals surface area contributed by atoms with Gasteiger partial charge in [-0.25, -0.2) is 4.52 Å². The van der Waals surface area contributed by atoms with Crippen LogP contribution >= 0.6 is 0 Å². The minimum atomic E-state index is 0.101. The second kappa shape index (κ2) is 4.24. The van der Waals surface area contributed by atoms with Crippen LogP contribution in [0.25, 0.3) is 5.65 Å². The largest absolute Gasteiger partial charge is 0.348 e. The summed E-state index contributed by atoms with van der Waals surface area (Å²) in [6.45, 7) is 6.38. The molecule has 3 rings (SSSR count). The third kappa shape index (κ3) is 2.06. The van der Waals surface area contributed by atoms with E-state index in [1.54, 1.807) is 0 Å². The zero-order valence-corrected chi connectivity index (χ0v) is 10.9. The maximum atomic E-state index is 4.53. The summed E-state index contributed by atoms with van der Waals surface area (Å²) in [6.07, 6.45) is 2.20. The lowest BCUT2D eigenvalue weighted by Gasteiger charge is -2.34. The first-order valence-corrected chi connectivity index (χ1v) is 6.48. The van der Waals surface area contributed by atoms with Crippen LogP contribution in [0, 0.1) is 6.92 Å². The molecule has 96 valence electrons. The third-order valence-electron chi connectivity index (χ3n) is 3.67. The minimum Gasteiger partial charge on any atom is -0.348 e. The maximum Gasteiger partial charge on any atom is 0.243 e. The van der Waals surface area contributed by atoms with E-state index in [4.69, 9.17) is 0 Å². The first-order valence-electron chi connectivity index (χ1n) is 6.48. The normalized spacial score (nSPS) is 19.0. The summed E-state index contributed by atoms with van der Waals surface area (Å²) in [6, 6.07) is 6.03. The number of hydrogen-bond donors (Lipinski definition) is 2. The van der Waals surface area contributed by atoms with Crippen molar-refractivity contribution in [2.24, 2.45) is 0 Å². The average Bonchev–Trinajstić information content (AvgIpc) is 2.73. The van der Waals surface area contributed by atoms with E-state index in [0.717, 1.165) is 43.2 Å². The number of nitrogens with zero attached hydrogens (tertiary/aromatic N) is 3. The Balaban J connectivity index is 1.88. The standard InChI is InChI=1S/C13H19N5/c1-10-4-3-5-11-15-12(17-18(10)11)16-13(2)6-8-14-9-7-13/h3-5,14H,6-9H2,1-2H3,(H,16,17). The van der Waals surface area contributed by atoms with Crippen molar-refractivity contribution in [2.75, 3.05) is 18.4 Å². The number of aryl methyl sites for hydroxylation is 1. The minimum absolute atomic E-state index is 0.101. The number of anilines is 1. The highest BCUT2D eigenvalue weighted by Gasteiger charge is 2.27. The second-order valence-electron chi connectivity index (χ2n) is 5.31. The summed E-state index contributed by atoms with van der Waals surface area (Å²) in [4.78, 5) is 4.53. The number of nitrogens with one attached hydrogen (secondary N) is 2. The van der Waals surface area contributed by atoms with Gasteiger partial charge in [-0.1, -0.05) is 6.07 Å². The third-order valence-corrected chi connectivity index (χ3v) is 3.67. The molecule has 1 fully saturated rings. The fourth-order valence-corrected chi connectivity index (χ4v) is 2.46. The highest BCUT2D eigenvalue weighted by atomic mass is 15.4. The lowest BCUT2D eigenvalue weighted by Crippen LogP contribution is -2.45. The van der Waals surface area contributed by atoms with E-state index < -0.39 is 0 Å². The van der Waals surface area contributed by atoms with Gasteiger partial charge in [0.1, 0.15) is 0 Å². The van der Waals surface area contributed by atoms with Gasteiger partial charge in [0.2, 0.25) is 5.95 Å². The quantitative estimate of drug-likeness (QED) is 0.843. The van der Waals surface area contributed by atoms with Crippen molar-refractivity contribution in [1.29, 1.82) is 0 Å². The monoisotopic (exact) mass is 245 g/mol. The van der Waals surface area contributed by atoms with Gasteiger partial charge in [0.25, 0.3) is 0 Å². The van der Waals surface area contributed by atoms with E-state index in [-0.39, 0.29) is 5.54 Å². The smallest absolute Gasteiger partial charge is 0.243 e. The van der Waals surface area contributed by atoms with Crippen molar-refractivity contribution < 1.29 is 0 Å². The first kappa shape index (κ1) is 11.5. The Morgan fingerprint density at radius 1 is 1.33 bits per heavy atom. The molecule has 5 nitrogen and oxygen atoms in total. The topological polar surface area (TPSA) is 54.2 Å². The lowest BCUT2D eigenvalue weighted by molar-refractivity contribution is 0.363. The van der Waals surface area contributed by atoms with E-state index in [2.05, 4.69) is 27.6 Å². The Morgan fingerprint density at radius 2 is 2.11 bits per heavy atom. The van der Waals surface area contributed by atoms with Crippen LogP contribution in [0.15, 0.2) is 18.2 Å². The lowest BCUT2D eigenvalue weighted by atomic mass is 9.91. The van der Waals surface area contributed by atoms with Gasteiger partial charge in [-0.3, -0.25) is 0 Å². The number of aromatic nitrogens is 3. The van der Waals surface area contributed by atoms with Gasteiger partial charge < -0.3 is 10.6 Å². The Morgan fingerprint density at radius 3 is 2.83 bits per heavy atom. The molecule has 1 aliphatic rings. The van der Waals surface area contributed by atoms with Crippen LogP contribution in [0.3, 0.4) is 0 Å².